The molecule has 1 amide bonds. The summed E-state index contributed by atoms with van der Waals surface area (Å²) in [4.78, 5) is 21.4. The molecule has 0 bridgehead atoms. The molecule has 10 nitrogen and oxygen atoms in total. The van der Waals surface area contributed by atoms with E-state index in [0.717, 1.165) is 28.0 Å². The summed E-state index contributed by atoms with van der Waals surface area (Å²) in [6, 6.07) is 0. The summed E-state index contributed by atoms with van der Waals surface area (Å²) in [7, 11) is 1.45. The van der Waals surface area contributed by atoms with Gasteiger partial charge >= 0.3 is 5.69 Å². The summed E-state index contributed by atoms with van der Waals surface area (Å²) >= 11 is 0. The van der Waals surface area contributed by atoms with Crippen molar-refractivity contribution in [1.82, 2.24) is 25.0 Å². The Balaban J connectivity index is 1.94. The Bertz CT molecular complexity index is 749. The zero-order chi connectivity index (χ0) is 16.3. The smallest absolute Gasteiger partial charge is 0.271 e. The molecular formula is C11H12FN7O3. The summed E-state index contributed by atoms with van der Waals surface area (Å²) in [6.45, 7) is 1.36. The van der Waals surface area contributed by atoms with Crippen LogP contribution in [0.5, 0.6) is 0 Å². The van der Waals surface area contributed by atoms with Gasteiger partial charge in [0.1, 0.15) is 18.9 Å². The lowest BCUT2D eigenvalue weighted by Gasteiger charge is -1.99. The van der Waals surface area contributed by atoms with Crippen LogP contribution in [0, 0.1) is 23.0 Å². The van der Waals surface area contributed by atoms with Crippen LogP contribution in [0.4, 0.5) is 10.1 Å². The molecule has 116 valence electrons. The Morgan fingerprint density at radius 2 is 2.36 bits per heavy atom. The highest BCUT2D eigenvalue weighted by Gasteiger charge is 2.12. The Labute approximate surface area is 123 Å². The van der Waals surface area contributed by atoms with Crippen LogP contribution in [-0.4, -0.2) is 36.6 Å². The quantitative estimate of drug-likeness (QED) is 0.478. The molecular weight excluding hydrogens is 297 g/mol. The van der Waals surface area contributed by atoms with Crippen molar-refractivity contribution >= 4 is 17.8 Å². The Hall–Kier alpha value is -3.11. The number of aryl methyl sites for hydroxylation is 2. The molecule has 11 heteroatoms. The second kappa shape index (κ2) is 6.11. The van der Waals surface area contributed by atoms with Crippen molar-refractivity contribution in [2.24, 2.45) is 12.1 Å². The number of nitro groups is 1. The van der Waals surface area contributed by atoms with Crippen LogP contribution < -0.4 is 5.43 Å². The third-order valence-electron chi connectivity index (χ3n) is 2.72. The van der Waals surface area contributed by atoms with Gasteiger partial charge in [0.2, 0.25) is 5.95 Å². The third-order valence-corrected chi connectivity index (χ3v) is 2.72. The van der Waals surface area contributed by atoms with E-state index in [4.69, 9.17) is 0 Å². The number of hydrogen-bond donors (Lipinski definition) is 1. The zero-order valence-corrected chi connectivity index (χ0v) is 11.7. The number of carbonyl (C=O) groups excluding carboxylic acids is 1. The molecule has 0 aliphatic heterocycles. The molecule has 0 aliphatic carbocycles. The van der Waals surface area contributed by atoms with Gasteiger partial charge in [-0.3, -0.25) is 19.6 Å². The molecule has 2 heterocycles. The molecule has 0 spiro atoms. The zero-order valence-electron chi connectivity index (χ0n) is 11.7. The van der Waals surface area contributed by atoms with Crippen LogP contribution in [0.3, 0.4) is 0 Å². The van der Waals surface area contributed by atoms with E-state index in [-0.39, 0.29) is 17.8 Å². The number of carbonyl (C=O) groups is 1. The lowest BCUT2D eigenvalue weighted by atomic mass is 10.3. The second-order valence-corrected chi connectivity index (χ2v) is 4.36. The third kappa shape index (κ3) is 3.31. The van der Waals surface area contributed by atoms with Crippen LogP contribution >= 0.6 is 0 Å². The molecule has 2 aromatic heterocycles. The molecule has 0 aromatic carbocycles. The summed E-state index contributed by atoms with van der Waals surface area (Å²) in [5, 5.41) is 21.6. The van der Waals surface area contributed by atoms with Crippen LogP contribution in [0.1, 0.15) is 11.3 Å². The maximum Gasteiger partial charge on any atom is 0.307 e. The van der Waals surface area contributed by atoms with Gasteiger partial charge in [0.05, 0.1) is 22.4 Å². The first kappa shape index (κ1) is 15.3. The minimum Gasteiger partial charge on any atom is -0.271 e. The fourth-order valence-corrected chi connectivity index (χ4v) is 1.68. The minimum atomic E-state index is -0.618. The Kier molecular flexibility index (Phi) is 4.25. The van der Waals surface area contributed by atoms with Crippen LogP contribution in [0.2, 0.25) is 0 Å². The highest BCUT2D eigenvalue weighted by atomic mass is 19.1. The molecule has 0 fully saturated rings. The summed E-state index contributed by atoms with van der Waals surface area (Å²) in [6.07, 6.45) is 3.29. The lowest BCUT2D eigenvalue weighted by molar-refractivity contribution is -0.385. The van der Waals surface area contributed by atoms with Crippen LogP contribution in [0.25, 0.3) is 0 Å². The van der Waals surface area contributed by atoms with E-state index in [0.29, 0.717) is 5.69 Å². The normalized spacial score (nSPS) is 11.0. The number of hydrogen-bond acceptors (Lipinski definition) is 6. The topological polar surface area (TPSA) is 120 Å². The van der Waals surface area contributed by atoms with Gasteiger partial charge in [-0.2, -0.15) is 19.7 Å². The van der Waals surface area contributed by atoms with E-state index in [1.54, 1.807) is 6.92 Å². The SMILES string of the molecule is Cc1nn(C)c(F)c1/C=N/NC(=O)Cn1cc([N+](=O)[O-])cn1. The minimum absolute atomic E-state index is 0.164. The number of rotatable bonds is 5. The average Bonchev–Trinajstić information content (AvgIpc) is 2.99. The first-order chi connectivity index (χ1) is 10.4. The van der Waals surface area contributed by atoms with Crippen molar-refractivity contribution in [2.45, 2.75) is 13.5 Å². The van der Waals surface area contributed by atoms with Crippen molar-refractivity contribution in [1.29, 1.82) is 0 Å². The molecule has 0 unspecified atom stereocenters. The van der Waals surface area contributed by atoms with Crippen molar-refractivity contribution in [3.8, 4) is 0 Å². The standard InChI is InChI=1S/C11H12FN7O3/c1-7-9(11(12)17(2)16-7)4-13-15-10(20)6-18-5-8(3-14-18)19(21)22/h3-5H,6H2,1-2H3,(H,15,20)/b13-4+. The lowest BCUT2D eigenvalue weighted by Crippen LogP contribution is -2.23. The van der Waals surface area contributed by atoms with E-state index in [1.165, 1.54) is 7.05 Å². The van der Waals surface area contributed by atoms with Crippen molar-refractivity contribution in [2.75, 3.05) is 0 Å². The van der Waals surface area contributed by atoms with Gasteiger partial charge in [-0.05, 0) is 6.92 Å². The number of nitrogens with zero attached hydrogens (tertiary/aromatic N) is 6. The number of aromatic nitrogens is 4. The molecule has 0 saturated carbocycles. The fraction of sp³-hybridized carbons (Fsp3) is 0.273. The maximum absolute atomic E-state index is 13.6. The van der Waals surface area contributed by atoms with Gasteiger partial charge < -0.3 is 0 Å². The van der Waals surface area contributed by atoms with Crippen LogP contribution in [-0.2, 0) is 18.4 Å². The van der Waals surface area contributed by atoms with E-state index < -0.39 is 16.8 Å². The molecule has 0 aliphatic rings. The molecule has 1 N–H and O–H groups in total. The number of halogens is 1. The number of amides is 1. The largest absolute Gasteiger partial charge is 0.307 e. The summed E-state index contributed by atoms with van der Waals surface area (Å²) in [5.74, 6) is -1.13. The predicted octanol–water partition coefficient (Wildman–Crippen LogP) is 0.123. The highest BCUT2D eigenvalue weighted by molar-refractivity contribution is 5.83. The highest BCUT2D eigenvalue weighted by Crippen LogP contribution is 2.08. The molecule has 2 rings (SSSR count). The van der Waals surface area contributed by atoms with Crippen molar-refractivity contribution in [3.05, 3.63) is 39.7 Å². The van der Waals surface area contributed by atoms with Gasteiger partial charge in [-0.1, -0.05) is 0 Å². The van der Waals surface area contributed by atoms with Gasteiger partial charge in [0.15, 0.2) is 0 Å². The Morgan fingerprint density at radius 3 is 2.91 bits per heavy atom. The maximum atomic E-state index is 13.6. The number of hydrazone groups is 1. The van der Waals surface area contributed by atoms with E-state index in [9.17, 15) is 19.3 Å². The van der Waals surface area contributed by atoms with E-state index in [1.807, 2.05) is 0 Å². The van der Waals surface area contributed by atoms with Crippen LogP contribution in [0.15, 0.2) is 17.5 Å². The molecule has 0 radical (unpaired) electrons. The van der Waals surface area contributed by atoms with Gasteiger partial charge in [0, 0.05) is 7.05 Å². The molecule has 22 heavy (non-hydrogen) atoms. The summed E-state index contributed by atoms with van der Waals surface area (Å²) in [5.41, 5.74) is 2.56. The molecule has 0 atom stereocenters. The summed E-state index contributed by atoms with van der Waals surface area (Å²) < 4.78 is 15.7. The van der Waals surface area contributed by atoms with Crippen molar-refractivity contribution in [3.63, 3.8) is 0 Å². The Morgan fingerprint density at radius 1 is 1.64 bits per heavy atom. The first-order valence-corrected chi connectivity index (χ1v) is 6.06. The predicted molar refractivity (Wildman–Crippen MR) is 72.5 cm³/mol. The van der Waals surface area contributed by atoms with Gasteiger partial charge in [-0.25, -0.2) is 10.1 Å². The van der Waals surface area contributed by atoms with Gasteiger partial charge in [-0.15, -0.1) is 0 Å². The van der Waals surface area contributed by atoms with Gasteiger partial charge in [0.25, 0.3) is 5.91 Å². The molecule has 2 aromatic rings. The van der Waals surface area contributed by atoms with E-state index in [2.05, 4.69) is 20.7 Å². The van der Waals surface area contributed by atoms with Crippen molar-refractivity contribution < 1.29 is 14.1 Å². The second-order valence-electron chi connectivity index (χ2n) is 4.36. The average molecular weight is 309 g/mol. The monoisotopic (exact) mass is 309 g/mol. The fourth-order valence-electron chi connectivity index (χ4n) is 1.68. The number of nitrogens with one attached hydrogen (secondary N) is 1. The van der Waals surface area contributed by atoms with E-state index >= 15 is 0 Å². The molecule has 0 saturated heterocycles. The first-order valence-electron chi connectivity index (χ1n) is 6.06.